The number of nitrogens with one attached hydrogen (secondary N) is 1. The second kappa shape index (κ2) is 6.67. The number of anilines is 2. The van der Waals surface area contributed by atoms with Crippen LogP contribution in [0.25, 0.3) is 0 Å². The molecule has 0 bridgehead atoms. The SMILES string of the molecule is CC[C@H]1CN(C(=O)Nc2cccc(C)c2C)c2ccccc2S1. The molecular weight excluding hydrogens is 304 g/mol. The number of urea groups is 1. The Morgan fingerprint density at radius 1 is 1.22 bits per heavy atom. The molecule has 0 saturated heterocycles. The highest BCUT2D eigenvalue weighted by Crippen LogP contribution is 2.39. The topological polar surface area (TPSA) is 32.3 Å². The van der Waals surface area contributed by atoms with Gasteiger partial charge in [0.2, 0.25) is 0 Å². The molecule has 0 radical (unpaired) electrons. The van der Waals surface area contributed by atoms with Crippen LogP contribution in [0.1, 0.15) is 24.5 Å². The first-order chi connectivity index (χ1) is 11.1. The average molecular weight is 326 g/mol. The van der Waals surface area contributed by atoms with Crippen LogP contribution in [-0.2, 0) is 0 Å². The van der Waals surface area contributed by atoms with Crippen molar-refractivity contribution in [1.82, 2.24) is 0 Å². The number of carbonyl (C=O) groups is 1. The summed E-state index contributed by atoms with van der Waals surface area (Å²) in [7, 11) is 0. The van der Waals surface area contributed by atoms with E-state index in [1.807, 2.05) is 53.9 Å². The van der Waals surface area contributed by atoms with Crippen molar-refractivity contribution in [3.05, 3.63) is 53.6 Å². The second-order valence-corrected chi connectivity index (χ2v) is 7.25. The van der Waals surface area contributed by atoms with Gasteiger partial charge < -0.3 is 5.32 Å². The Balaban J connectivity index is 1.88. The normalized spacial score (nSPS) is 16.8. The number of hydrogen-bond donors (Lipinski definition) is 1. The number of amides is 2. The lowest BCUT2D eigenvalue weighted by Crippen LogP contribution is -2.42. The van der Waals surface area contributed by atoms with Gasteiger partial charge in [-0.2, -0.15) is 0 Å². The van der Waals surface area contributed by atoms with Crippen LogP contribution in [0.5, 0.6) is 0 Å². The van der Waals surface area contributed by atoms with E-state index in [1.54, 1.807) is 0 Å². The molecule has 1 atom stereocenters. The number of aryl methyl sites for hydroxylation is 1. The van der Waals surface area contributed by atoms with E-state index in [0.717, 1.165) is 29.9 Å². The summed E-state index contributed by atoms with van der Waals surface area (Å²) in [4.78, 5) is 15.9. The second-order valence-electron chi connectivity index (χ2n) is 5.90. The van der Waals surface area contributed by atoms with Gasteiger partial charge in [-0.1, -0.05) is 31.2 Å². The van der Waals surface area contributed by atoms with Crippen LogP contribution in [-0.4, -0.2) is 17.8 Å². The van der Waals surface area contributed by atoms with E-state index in [2.05, 4.69) is 31.3 Å². The molecule has 2 aromatic rings. The Morgan fingerprint density at radius 2 is 2.00 bits per heavy atom. The molecule has 0 aliphatic carbocycles. The van der Waals surface area contributed by atoms with Crippen molar-refractivity contribution in [2.45, 2.75) is 37.3 Å². The summed E-state index contributed by atoms with van der Waals surface area (Å²) in [6, 6.07) is 14.1. The van der Waals surface area contributed by atoms with Gasteiger partial charge in [0.15, 0.2) is 0 Å². The molecule has 3 nitrogen and oxygen atoms in total. The van der Waals surface area contributed by atoms with Gasteiger partial charge in [-0.3, -0.25) is 4.90 Å². The standard InChI is InChI=1S/C19H22N2OS/c1-4-15-12-21(17-10-5-6-11-18(17)23-15)19(22)20-16-9-7-8-13(2)14(16)3/h5-11,15H,4,12H2,1-3H3,(H,20,22)/t15-/m0/s1. The zero-order chi connectivity index (χ0) is 16.4. The van der Waals surface area contributed by atoms with Gasteiger partial charge in [0.05, 0.1) is 5.69 Å². The van der Waals surface area contributed by atoms with Gasteiger partial charge >= 0.3 is 6.03 Å². The van der Waals surface area contributed by atoms with Gasteiger partial charge in [0.1, 0.15) is 0 Å². The fourth-order valence-electron chi connectivity index (χ4n) is 2.77. The van der Waals surface area contributed by atoms with E-state index in [9.17, 15) is 4.79 Å². The number of carbonyl (C=O) groups excluding carboxylic acids is 1. The summed E-state index contributed by atoms with van der Waals surface area (Å²) >= 11 is 1.87. The third-order valence-electron chi connectivity index (χ3n) is 4.38. The Morgan fingerprint density at radius 3 is 2.78 bits per heavy atom. The molecule has 0 spiro atoms. The highest BCUT2D eigenvalue weighted by molar-refractivity contribution is 8.00. The zero-order valence-corrected chi connectivity index (χ0v) is 14.6. The van der Waals surface area contributed by atoms with Gasteiger partial charge in [-0.25, -0.2) is 4.79 Å². The number of hydrogen-bond acceptors (Lipinski definition) is 2. The molecule has 4 heteroatoms. The third kappa shape index (κ3) is 3.22. The molecule has 2 aromatic carbocycles. The Bertz CT molecular complexity index is 729. The van der Waals surface area contributed by atoms with Crippen molar-refractivity contribution >= 4 is 29.2 Å². The molecule has 1 aliphatic heterocycles. The van der Waals surface area contributed by atoms with Crippen LogP contribution in [0.15, 0.2) is 47.4 Å². The number of benzene rings is 2. The molecule has 0 saturated carbocycles. The van der Waals surface area contributed by atoms with E-state index in [-0.39, 0.29) is 6.03 Å². The van der Waals surface area contributed by atoms with Crippen molar-refractivity contribution < 1.29 is 4.79 Å². The first-order valence-corrected chi connectivity index (χ1v) is 8.88. The molecule has 1 aliphatic rings. The van der Waals surface area contributed by atoms with Crippen molar-refractivity contribution in [3.8, 4) is 0 Å². The predicted octanol–water partition coefficient (Wildman–Crippen LogP) is 5.23. The molecule has 1 N–H and O–H groups in total. The van der Waals surface area contributed by atoms with Crippen LogP contribution in [0, 0.1) is 13.8 Å². The summed E-state index contributed by atoms with van der Waals surface area (Å²) in [5, 5.41) is 3.52. The smallest absolute Gasteiger partial charge is 0.307 e. The predicted molar refractivity (Wildman–Crippen MR) is 98.7 cm³/mol. The fraction of sp³-hybridized carbons (Fsp3) is 0.316. The first kappa shape index (κ1) is 15.9. The van der Waals surface area contributed by atoms with E-state index in [1.165, 1.54) is 10.5 Å². The maximum atomic E-state index is 12.9. The monoisotopic (exact) mass is 326 g/mol. The zero-order valence-electron chi connectivity index (χ0n) is 13.8. The summed E-state index contributed by atoms with van der Waals surface area (Å²) in [6.45, 7) is 7.02. The van der Waals surface area contributed by atoms with Crippen LogP contribution < -0.4 is 10.2 Å². The largest absolute Gasteiger partial charge is 0.326 e. The molecule has 3 rings (SSSR count). The molecule has 1 heterocycles. The minimum absolute atomic E-state index is 0.0510. The van der Waals surface area contributed by atoms with Gasteiger partial charge in [0.25, 0.3) is 0 Å². The van der Waals surface area contributed by atoms with Crippen molar-refractivity contribution in [2.24, 2.45) is 0 Å². The maximum absolute atomic E-state index is 12.9. The van der Waals surface area contributed by atoms with Crippen molar-refractivity contribution in [1.29, 1.82) is 0 Å². The van der Waals surface area contributed by atoms with Crippen molar-refractivity contribution in [3.63, 3.8) is 0 Å². The molecule has 0 unspecified atom stereocenters. The molecule has 0 aromatic heterocycles. The number of fused-ring (bicyclic) bond motifs is 1. The highest BCUT2D eigenvalue weighted by Gasteiger charge is 2.28. The maximum Gasteiger partial charge on any atom is 0.326 e. The van der Waals surface area contributed by atoms with E-state index in [0.29, 0.717) is 5.25 Å². The number of nitrogens with zero attached hydrogens (tertiary/aromatic N) is 1. The Kier molecular flexibility index (Phi) is 4.62. The van der Waals surface area contributed by atoms with Crippen LogP contribution in [0.4, 0.5) is 16.2 Å². The molecule has 23 heavy (non-hydrogen) atoms. The fourth-order valence-corrected chi connectivity index (χ4v) is 3.98. The first-order valence-electron chi connectivity index (χ1n) is 8.00. The molecule has 2 amide bonds. The van der Waals surface area contributed by atoms with E-state index >= 15 is 0 Å². The highest BCUT2D eigenvalue weighted by atomic mass is 32.2. The minimum atomic E-state index is -0.0510. The number of rotatable bonds is 2. The summed E-state index contributed by atoms with van der Waals surface area (Å²) < 4.78 is 0. The van der Waals surface area contributed by atoms with E-state index in [4.69, 9.17) is 0 Å². The number of thioether (sulfide) groups is 1. The van der Waals surface area contributed by atoms with E-state index < -0.39 is 0 Å². The van der Waals surface area contributed by atoms with Crippen LogP contribution >= 0.6 is 11.8 Å². The van der Waals surface area contributed by atoms with Crippen LogP contribution in [0.3, 0.4) is 0 Å². The lowest BCUT2D eigenvalue weighted by atomic mass is 10.1. The Labute approximate surface area is 142 Å². The lowest BCUT2D eigenvalue weighted by Gasteiger charge is -2.33. The van der Waals surface area contributed by atoms with Gasteiger partial charge in [0, 0.05) is 22.4 Å². The Hall–Kier alpha value is -1.94. The van der Waals surface area contributed by atoms with Crippen LogP contribution in [0.2, 0.25) is 0 Å². The molecule has 0 fully saturated rings. The van der Waals surface area contributed by atoms with Crippen molar-refractivity contribution in [2.75, 3.05) is 16.8 Å². The minimum Gasteiger partial charge on any atom is -0.307 e. The third-order valence-corrected chi connectivity index (χ3v) is 5.80. The summed E-state index contributed by atoms with van der Waals surface area (Å²) in [5.41, 5.74) is 4.19. The molecule has 120 valence electrons. The molecular formula is C19H22N2OS. The number of para-hydroxylation sites is 1. The lowest BCUT2D eigenvalue weighted by molar-refractivity contribution is 0.256. The van der Waals surface area contributed by atoms with Gasteiger partial charge in [-0.05, 0) is 49.6 Å². The van der Waals surface area contributed by atoms with Gasteiger partial charge in [-0.15, -0.1) is 11.8 Å². The quantitative estimate of drug-likeness (QED) is 0.820. The summed E-state index contributed by atoms with van der Waals surface area (Å²) in [6.07, 6.45) is 1.05. The average Bonchev–Trinajstić information content (AvgIpc) is 2.57. The summed E-state index contributed by atoms with van der Waals surface area (Å²) in [5.74, 6) is 0.